The molecular weight excluding hydrogens is 329 g/mol. The van der Waals surface area contributed by atoms with Gasteiger partial charge in [-0.05, 0) is 30.3 Å². The highest BCUT2D eigenvalue weighted by atomic mass is 32.1. The van der Waals surface area contributed by atoms with E-state index in [1.165, 1.54) is 23.5 Å². The second-order valence-corrected chi connectivity index (χ2v) is 6.01. The molecule has 4 aromatic rings. The number of nitrogens with one attached hydrogen (secondary N) is 1. The number of halogens is 1. The van der Waals surface area contributed by atoms with E-state index in [0.717, 1.165) is 5.39 Å². The Morgan fingerprint density at radius 2 is 1.92 bits per heavy atom. The van der Waals surface area contributed by atoms with E-state index >= 15 is 0 Å². The van der Waals surface area contributed by atoms with Gasteiger partial charge in [-0.1, -0.05) is 35.6 Å². The molecule has 0 aliphatic heterocycles. The monoisotopic (exact) mass is 339 g/mol. The van der Waals surface area contributed by atoms with E-state index in [-0.39, 0.29) is 5.82 Å². The van der Waals surface area contributed by atoms with Crippen LogP contribution >= 0.6 is 11.3 Å². The maximum atomic E-state index is 13.2. The minimum Gasteiger partial charge on any atom is -0.422 e. The Bertz CT molecular complexity index is 1090. The van der Waals surface area contributed by atoms with E-state index in [4.69, 9.17) is 4.42 Å². The van der Waals surface area contributed by atoms with Gasteiger partial charge in [0.05, 0.1) is 5.56 Å². The summed E-state index contributed by atoms with van der Waals surface area (Å²) in [6.07, 6.45) is 0. The average Bonchev–Trinajstić information content (AvgIpc) is 3.02. The lowest BCUT2D eigenvalue weighted by molar-refractivity contribution is 0.563. The second kappa shape index (κ2) is 5.86. The quantitative estimate of drug-likeness (QED) is 0.567. The Labute approximate surface area is 139 Å². The largest absolute Gasteiger partial charge is 0.422 e. The summed E-state index contributed by atoms with van der Waals surface area (Å²) in [6.45, 7) is 0. The third-order valence-electron chi connectivity index (χ3n) is 3.37. The molecule has 0 saturated carbocycles. The minimum atomic E-state index is -0.470. The molecule has 0 aliphatic carbocycles. The summed E-state index contributed by atoms with van der Waals surface area (Å²) in [5, 5.41) is 12.7. The maximum absolute atomic E-state index is 13.2. The summed E-state index contributed by atoms with van der Waals surface area (Å²) in [6, 6.07) is 15.0. The smallest absolute Gasteiger partial charge is 0.346 e. The molecule has 118 valence electrons. The van der Waals surface area contributed by atoms with E-state index in [1.807, 2.05) is 12.1 Å². The molecule has 4 rings (SSSR count). The van der Waals surface area contributed by atoms with Gasteiger partial charge in [-0.15, -0.1) is 10.2 Å². The van der Waals surface area contributed by atoms with Crippen LogP contribution in [0.2, 0.25) is 0 Å². The van der Waals surface area contributed by atoms with E-state index in [9.17, 15) is 9.18 Å². The molecule has 2 heterocycles. The first-order valence-corrected chi connectivity index (χ1v) is 7.90. The molecule has 1 N–H and O–H groups in total. The van der Waals surface area contributed by atoms with Crippen LogP contribution in [0.5, 0.6) is 0 Å². The summed E-state index contributed by atoms with van der Waals surface area (Å²) in [4.78, 5) is 12.1. The topological polar surface area (TPSA) is 68.0 Å². The number of nitrogens with zero attached hydrogens (tertiary/aromatic N) is 2. The summed E-state index contributed by atoms with van der Waals surface area (Å²) >= 11 is 1.19. The van der Waals surface area contributed by atoms with Crippen LogP contribution in [-0.4, -0.2) is 10.2 Å². The van der Waals surface area contributed by atoms with Gasteiger partial charge >= 0.3 is 5.63 Å². The first kappa shape index (κ1) is 14.5. The van der Waals surface area contributed by atoms with Gasteiger partial charge in [0, 0.05) is 11.1 Å². The first-order chi connectivity index (χ1) is 11.7. The molecule has 2 aromatic carbocycles. The normalized spacial score (nSPS) is 10.9. The molecule has 0 amide bonds. The summed E-state index contributed by atoms with van der Waals surface area (Å²) in [7, 11) is 0. The molecule has 0 radical (unpaired) electrons. The summed E-state index contributed by atoms with van der Waals surface area (Å²) in [5.74, 6) is -0.347. The van der Waals surface area contributed by atoms with E-state index in [1.54, 1.807) is 30.3 Å². The van der Waals surface area contributed by atoms with Crippen LogP contribution in [0, 0.1) is 5.82 Å². The average molecular weight is 339 g/mol. The van der Waals surface area contributed by atoms with Crippen molar-refractivity contribution in [2.24, 2.45) is 0 Å². The van der Waals surface area contributed by atoms with E-state index in [0.29, 0.717) is 27.0 Å². The summed E-state index contributed by atoms with van der Waals surface area (Å²) < 4.78 is 18.5. The van der Waals surface area contributed by atoms with Crippen LogP contribution in [0.15, 0.2) is 63.8 Å². The number of hydrogen-bond acceptors (Lipinski definition) is 6. The number of anilines is 2. The van der Waals surface area contributed by atoms with Gasteiger partial charge < -0.3 is 9.73 Å². The number of aromatic nitrogens is 2. The number of rotatable bonds is 3. The highest BCUT2D eigenvalue weighted by Gasteiger charge is 2.13. The van der Waals surface area contributed by atoms with Gasteiger partial charge in [-0.25, -0.2) is 9.18 Å². The molecule has 0 aliphatic rings. The summed E-state index contributed by atoms with van der Waals surface area (Å²) in [5.41, 5.74) is 0.956. The van der Waals surface area contributed by atoms with Gasteiger partial charge in [-0.3, -0.25) is 0 Å². The Morgan fingerprint density at radius 1 is 1.04 bits per heavy atom. The zero-order valence-corrected chi connectivity index (χ0v) is 13.0. The van der Waals surface area contributed by atoms with Crippen LogP contribution in [0.3, 0.4) is 0 Å². The van der Waals surface area contributed by atoms with Crippen molar-refractivity contribution in [1.29, 1.82) is 0 Å². The van der Waals surface area contributed by atoms with Crippen molar-refractivity contribution in [2.45, 2.75) is 0 Å². The Balaban J connectivity index is 1.70. The van der Waals surface area contributed by atoms with Gasteiger partial charge in [0.2, 0.25) is 5.13 Å². The molecule has 0 saturated heterocycles. The lowest BCUT2D eigenvalue weighted by Gasteiger charge is -2.00. The second-order valence-electron chi connectivity index (χ2n) is 5.03. The number of fused-ring (bicyclic) bond motifs is 1. The predicted molar refractivity (Wildman–Crippen MR) is 91.1 cm³/mol. The van der Waals surface area contributed by atoms with Gasteiger partial charge in [-0.2, -0.15) is 0 Å². The number of hydrogen-bond donors (Lipinski definition) is 1. The highest BCUT2D eigenvalue weighted by molar-refractivity contribution is 7.18. The van der Waals surface area contributed by atoms with Crippen LogP contribution in [-0.2, 0) is 0 Å². The fourth-order valence-corrected chi connectivity index (χ4v) is 3.05. The number of para-hydroxylation sites is 1. The maximum Gasteiger partial charge on any atom is 0.346 e. The predicted octanol–water partition coefficient (Wildman–Crippen LogP) is 4.19. The SMILES string of the molecule is O=c1oc2ccccc2cc1-c1nnc(Nc2cccc(F)c2)s1. The van der Waals surface area contributed by atoms with Crippen molar-refractivity contribution in [1.82, 2.24) is 10.2 Å². The fraction of sp³-hybridized carbons (Fsp3) is 0. The van der Waals surface area contributed by atoms with Crippen molar-refractivity contribution in [3.8, 4) is 10.6 Å². The molecule has 7 heteroatoms. The lowest BCUT2D eigenvalue weighted by atomic mass is 10.2. The molecule has 0 bridgehead atoms. The first-order valence-electron chi connectivity index (χ1n) is 7.08. The van der Waals surface area contributed by atoms with Gasteiger partial charge in [0.1, 0.15) is 11.4 Å². The van der Waals surface area contributed by atoms with E-state index < -0.39 is 5.63 Å². The zero-order chi connectivity index (χ0) is 16.5. The molecule has 0 atom stereocenters. The molecular formula is C17H10FN3O2S. The zero-order valence-electron chi connectivity index (χ0n) is 12.2. The third-order valence-corrected chi connectivity index (χ3v) is 4.24. The number of benzene rings is 2. The van der Waals surface area contributed by atoms with Gasteiger partial charge in [0.15, 0.2) is 5.01 Å². The van der Waals surface area contributed by atoms with Crippen LogP contribution in [0.4, 0.5) is 15.2 Å². The minimum absolute atomic E-state index is 0.346. The van der Waals surface area contributed by atoms with Crippen LogP contribution < -0.4 is 10.9 Å². The van der Waals surface area contributed by atoms with Gasteiger partial charge in [0.25, 0.3) is 0 Å². The van der Waals surface area contributed by atoms with Crippen LogP contribution in [0.1, 0.15) is 0 Å². The third kappa shape index (κ3) is 2.77. The molecule has 5 nitrogen and oxygen atoms in total. The van der Waals surface area contributed by atoms with Crippen molar-refractivity contribution in [3.63, 3.8) is 0 Å². The molecule has 2 aromatic heterocycles. The molecule has 0 fully saturated rings. The van der Waals surface area contributed by atoms with Crippen molar-refractivity contribution in [2.75, 3.05) is 5.32 Å². The van der Waals surface area contributed by atoms with Crippen molar-refractivity contribution < 1.29 is 8.81 Å². The Morgan fingerprint density at radius 3 is 2.79 bits per heavy atom. The molecule has 0 unspecified atom stereocenters. The fourth-order valence-electron chi connectivity index (χ4n) is 2.28. The Hall–Kier alpha value is -3.06. The molecule has 24 heavy (non-hydrogen) atoms. The molecule has 0 spiro atoms. The highest BCUT2D eigenvalue weighted by Crippen LogP contribution is 2.28. The van der Waals surface area contributed by atoms with Crippen molar-refractivity contribution >= 4 is 33.1 Å². The standard InChI is InChI=1S/C17H10FN3O2S/c18-11-5-3-6-12(9-11)19-17-21-20-15(24-17)13-8-10-4-1-2-7-14(10)23-16(13)22/h1-9H,(H,19,21). The lowest BCUT2D eigenvalue weighted by Crippen LogP contribution is -2.02. The van der Waals surface area contributed by atoms with E-state index in [2.05, 4.69) is 15.5 Å². The van der Waals surface area contributed by atoms with Crippen molar-refractivity contribution in [3.05, 3.63) is 70.8 Å². The Kier molecular flexibility index (Phi) is 3.55. The van der Waals surface area contributed by atoms with Crippen LogP contribution in [0.25, 0.3) is 21.5 Å².